The van der Waals surface area contributed by atoms with Crippen LogP contribution in [0.2, 0.25) is 5.02 Å². The number of rotatable bonds is 7. The third-order valence-electron chi connectivity index (χ3n) is 4.16. The first-order chi connectivity index (χ1) is 15.0. The molecule has 3 aromatic carbocycles. The molecule has 0 aromatic heterocycles. The topological polar surface area (TPSA) is 77.0 Å². The molecule has 31 heavy (non-hydrogen) atoms. The van der Waals surface area contributed by atoms with Crippen LogP contribution in [0, 0.1) is 0 Å². The van der Waals surface area contributed by atoms with Gasteiger partial charge in [-0.25, -0.2) is 10.2 Å². The van der Waals surface area contributed by atoms with Crippen molar-refractivity contribution in [2.45, 2.75) is 6.42 Å². The minimum Gasteiger partial charge on any atom is -0.493 e. The molecule has 3 aromatic rings. The summed E-state index contributed by atoms with van der Waals surface area (Å²) >= 11 is 9.40. The van der Waals surface area contributed by atoms with E-state index in [-0.39, 0.29) is 23.6 Å². The van der Waals surface area contributed by atoms with Gasteiger partial charge >= 0.3 is 5.97 Å². The Morgan fingerprint density at radius 1 is 1.06 bits per heavy atom. The number of hydrazone groups is 1. The normalized spacial score (nSPS) is 10.7. The SMILES string of the molecule is COc1cc(/C=N/NC(=O)Cc2ccc(Br)cc2)ccc1OC(=O)c1ccccc1Cl. The van der Waals surface area contributed by atoms with Gasteiger partial charge in [0.25, 0.3) is 0 Å². The zero-order chi connectivity index (χ0) is 22.2. The lowest BCUT2D eigenvalue weighted by molar-refractivity contribution is -0.120. The van der Waals surface area contributed by atoms with Crippen LogP contribution >= 0.6 is 27.5 Å². The molecule has 0 aliphatic carbocycles. The molecule has 1 amide bonds. The van der Waals surface area contributed by atoms with Crippen LogP contribution in [-0.4, -0.2) is 25.2 Å². The molecule has 8 heteroatoms. The summed E-state index contributed by atoms with van der Waals surface area (Å²) in [5, 5.41) is 4.27. The number of esters is 1. The van der Waals surface area contributed by atoms with E-state index >= 15 is 0 Å². The number of carbonyl (C=O) groups is 2. The Bertz CT molecular complexity index is 1120. The number of methoxy groups -OCH3 is 1. The first-order valence-electron chi connectivity index (χ1n) is 9.17. The first-order valence-corrected chi connectivity index (χ1v) is 10.3. The number of hydrogen-bond acceptors (Lipinski definition) is 5. The highest BCUT2D eigenvalue weighted by Gasteiger charge is 2.15. The van der Waals surface area contributed by atoms with Gasteiger partial charge in [0.2, 0.25) is 5.91 Å². The summed E-state index contributed by atoms with van der Waals surface area (Å²) < 4.78 is 11.7. The Hall–Kier alpha value is -3.16. The third-order valence-corrected chi connectivity index (χ3v) is 5.02. The number of carbonyl (C=O) groups excluding carboxylic acids is 2. The van der Waals surface area contributed by atoms with Crippen molar-refractivity contribution in [3.05, 3.63) is 92.9 Å². The second-order valence-corrected chi connectivity index (χ2v) is 7.70. The molecular weight excluding hydrogens is 484 g/mol. The third kappa shape index (κ3) is 6.41. The molecular formula is C23H18BrClN2O4. The summed E-state index contributed by atoms with van der Waals surface area (Å²) in [5.74, 6) is -0.254. The van der Waals surface area contributed by atoms with E-state index in [1.807, 2.05) is 24.3 Å². The fourth-order valence-corrected chi connectivity index (χ4v) is 3.11. The molecule has 0 aliphatic rings. The van der Waals surface area contributed by atoms with Gasteiger partial charge in [0, 0.05) is 4.47 Å². The largest absolute Gasteiger partial charge is 0.493 e. The number of nitrogens with one attached hydrogen (secondary N) is 1. The Balaban J connectivity index is 1.62. The average Bonchev–Trinajstić information content (AvgIpc) is 2.76. The maximum absolute atomic E-state index is 12.4. The van der Waals surface area contributed by atoms with Gasteiger partial charge in [0.05, 0.1) is 30.3 Å². The van der Waals surface area contributed by atoms with Crippen molar-refractivity contribution in [2.75, 3.05) is 7.11 Å². The molecule has 0 saturated heterocycles. The fraction of sp³-hybridized carbons (Fsp3) is 0.0870. The van der Waals surface area contributed by atoms with Gasteiger partial charge in [-0.2, -0.15) is 5.10 Å². The van der Waals surface area contributed by atoms with E-state index in [1.54, 1.807) is 42.5 Å². The number of amides is 1. The molecule has 158 valence electrons. The molecule has 1 N–H and O–H groups in total. The summed E-state index contributed by atoms with van der Waals surface area (Å²) in [7, 11) is 1.46. The Labute approximate surface area is 193 Å². The zero-order valence-electron chi connectivity index (χ0n) is 16.5. The van der Waals surface area contributed by atoms with Crippen LogP contribution in [0.4, 0.5) is 0 Å². The van der Waals surface area contributed by atoms with Gasteiger partial charge in [-0.05, 0) is 53.6 Å². The van der Waals surface area contributed by atoms with Crippen LogP contribution in [0.1, 0.15) is 21.5 Å². The lowest BCUT2D eigenvalue weighted by atomic mass is 10.1. The predicted octanol–water partition coefficient (Wildman–Crippen LogP) is 5.02. The first kappa shape index (κ1) is 22.5. The van der Waals surface area contributed by atoms with Crippen LogP contribution < -0.4 is 14.9 Å². The molecule has 0 saturated carbocycles. The maximum atomic E-state index is 12.4. The summed E-state index contributed by atoms with van der Waals surface area (Å²) in [4.78, 5) is 24.4. The number of benzene rings is 3. The second kappa shape index (κ2) is 10.7. The number of halogens is 2. The van der Waals surface area contributed by atoms with Gasteiger partial charge in [0.1, 0.15) is 0 Å². The van der Waals surface area contributed by atoms with E-state index in [0.717, 1.165) is 10.0 Å². The lowest BCUT2D eigenvalue weighted by Gasteiger charge is -2.10. The van der Waals surface area contributed by atoms with Crippen molar-refractivity contribution in [2.24, 2.45) is 5.10 Å². The molecule has 0 radical (unpaired) electrons. The van der Waals surface area contributed by atoms with Crippen molar-refractivity contribution in [3.8, 4) is 11.5 Å². The molecule has 0 unspecified atom stereocenters. The number of ether oxygens (including phenoxy) is 2. The van der Waals surface area contributed by atoms with Crippen LogP contribution in [0.3, 0.4) is 0 Å². The molecule has 0 spiro atoms. The number of nitrogens with zero attached hydrogens (tertiary/aromatic N) is 1. The standard InChI is InChI=1S/C23H18BrClN2O4/c1-30-21-12-16(14-26-27-22(28)13-15-6-9-17(24)10-7-15)8-11-20(21)31-23(29)18-4-2-3-5-19(18)25/h2-12,14H,13H2,1H3,(H,27,28)/b26-14+. The fourth-order valence-electron chi connectivity index (χ4n) is 2.64. The van der Waals surface area contributed by atoms with Gasteiger partial charge in [-0.3, -0.25) is 4.79 Å². The summed E-state index contributed by atoms with van der Waals surface area (Å²) in [5.41, 5.74) is 4.27. The van der Waals surface area contributed by atoms with Gasteiger partial charge in [-0.1, -0.05) is 51.8 Å². The minimum absolute atomic E-state index is 0.213. The molecule has 0 aliphatic heterocycles. The second-order valence-electron chi connectivity index (χ2n) is 6.38. The van der Waals surface area contributed by atoms with E-state index in [4.69, 9.17) is 21.1 Å². The molecule has 0 bridgehead atoms. The predicted molar refractivity (Wildman–Crippen MR) is 123 cm³/mol. The highest BCUT2D eigenvalue weighted by molar-refractivity contribution is 9.10. The van der Waals surface area contributed by atoms with Crippen molar-refractivity contribution >= 4 is 45.6 Å². The van der Waals surface area contributed by atoms with Gasteiger partial charge < -0.3 is 9.47 Å². The highest BCUT2D eigenvalue weighted by Crippen LogP contribution is 2.29. The zero-order valence-corrected chi connectivity index (χ0v) is 18.8. The van der Waals surface area contributed by atoms with Gasteiger partial charge in [-0.15, -0.1) is 0 Å². The summed E-state index contributed by atoms with van der Waals surface area (Å²) in [6, 6.07) is 19.0. The monoisotopic (exact) mass is 500 g/mol. The van der Waals surface area contributed by atoms with E-state index in [2.05, 4.69) is 26.5 Å². The number of hydrogen-bond donors (Lipinski definition) is 1. The van der Waals surface area contributed by atoms with Gasteiger partial charge in [0.15, 0.2) is 11.5 Å². The van der Waals surface area contributed by atoms with E-state index in [1.165, 1.54) is 13.3 Å². The van der Waals surface area contributed by atoms with Crippen molar-refractivity contribution in [1.82, 2.24) is 5.43 Å². The highest BCUT2D eigenvalue weighted by atomic mass is 79.9. The van der Waals surface area contributed by atoms with Crippen LogP contribution in [0.25, 0.3) is 0 Å². The Morgan fingerprint density at radius 2 is 1.81 bits per heavy atom. The molecule has 0 atom stereocenters. The smallest absolute Gasteiger partial charge is 0.345 e. The molecule has 6 nitrogen and oxygen atoms in total. The summed E-state index contributed by atoms with van der Waals surface area (Å²) in [6.45, 7) is 0. The van der Waals surface area contributed by atoms with Crippen LogP contribution in [0.5, 0.6) is 11.5 Å². The van der Waals surface area contributed by atoms with Crippen LogP contribution in [-0.2, 0) is 11.2 Å². The van der Waals surface area contributed by atoms with Crippen LogP contribution in [0.15, 0.2) is 76.3 Å². The minimum atomic E-state index is -0.592. The summed E-state index contributed by atoms with van der Waals surface area (Å²) in [6.07, 6.45) is 1.69. The van der Waals surface area contributed by atoms with E-state index < -0.39 is 5.97 Å². The molecule has 3 rings (SSSR count). The molecule has 0 heterocycles. The Kier molecular flexibility index (Phi) is 7.81. The van der Waals surface area contributed by atoms with E-state index in [9.17, 15) is 9.59 Å². The van der Waals surface area contributed by atoms with Crippen molar-refractivity contribution in [3.63, 3.8) is 0 Å². The molecule has 0 fully saturated rings. The van der Waals surface area contributed by atoms with Crippen molar-refractivity contribution < 1.29 is 19.1 Å². The lowest BCUT2D eigenvalue weighted by Crippen LogP contribution is -2.19. The van der Waals surface area contributed by atoms with Crippen molar-refractivity contribution in [1.29, 1.82) is 0 Å². The quantitative estimate of drug-likeness (QED) is 0.213. The average molecular weight is 502 g/mol. The Morgan fingerprint density at radius 3 is 2.52 bits per heavy atom. The van der Waals surface area contributed by atoms with E-state index in [0.29, 0.717) is 16.3 Å². The maximum Gasteiger partial charge on any atom is 0.345 e.